The third-order valence-electron chi connectivity index (χ3n) is 5.29. The zero-order valence-corrected chi connectivity index (χ0v) is 19.4. The zero-order valence-electron chi connectivity index (χ0n) is 19.4. The Kier molecular flexibility index (Phi) is 8.75. The monoisotopic (exact) mass is 467 g/mol. The maximum Gasteiger partial charge on any atom is 0.278 e. The first-order valence-electron chi connectivity index (χ1n) is 11.4. The van der Waals surface area contributed by atoms with E-state index in [0.29, 0.717) is 43.2 Å². The van der Waals surface area contributed by atoms with Gasteiger partial charge < -0.3 is 14.8 Å². The summed E-state index contributed by atoms with van der Waals surface area (Å²) in [6.07, 6.45) is 2.50. The predicted molar refractivity (Wildman–Crippen MR) is 128 cm³/mol. The largest absolute Gasteiger partial charge is 0.492 e. The molecule has 0 saturated carbocycles. The first kappa shape index (κ1) is 24.9. The Morgan fingerprint density at radius 1 is 0.971 bits per heavy atom. The second-order valence-corrected chi connectivity index (χ2v) is 7.69. The number of ether oxygens (including phenoxy) is 2. The molecule has 2 aromatic carbocycles. The maximum absolute atomic E-state index is 13.3. The number of carbonyl (C=O) groups excluding carboxylic acids is 2. The fraction of sp³-hybridized carbons (Fsp3) is 0.360. The molecule has 34 heavy (non-hydrogen) atoms. The highest BCUT2D eigenvalue weighted by atomic mass is 16.6. The number of benzene rings is 2. The highest BCUT2D eigenvalue weighted by molar-refractivity contribution is 6.36. The highest BCUT2D eigenvalue weighted by Crippen LogP contribution is 2.34. The molecule has 0 bridgehead atoms. The van der Waals surface area contributed by atoms with E-state index in [9.17, 15) is 19.7 Å². The standard InChI is InChI=1S/C25H29N3O6/c1-3-5-16-33-17-8-15-27-24(29)22(18-11-13-19(14-12-18)28(31)32)23(25(27)30)26-20-9-6-7-10-21(20)34-4-2/h6-7,9-14,26H,3-5,8,15-17H2,1-2H3. The van der Waals surface area contributed by atoms with Gasteiger partial charge in [0.2, 0.25) is 0 Å². The summed E-state index contributed by atoms with van der Waals surface area (Å²) in [6, 6.07) is 12.7. The summed E-state index contributed by atoms with van der Waals surface area (Å²) in [4.78, 5) is 38.3. The van der Waals surface area contributed by atoms with Crippen LogP contribution in [0.25, 0.3) is 5.57 Å². The van der Waals surface area contributed by atoms with E-state index in [2.05, 4.69) is 12.2 Å². The van der Waals surface area contributed by atoms with Gasteiger partial charge in [-0.2, -0.15) is 0 Å². The van der Waals surface area contributed by atoms with Gasteiger partial charge in [-0.05, 0) is 49.6 Å². The number of para-hydroxylation sites is 2. The summed E-state index contributed by atoms with van der Waals surface area (Å²) < 4.78 is 11.2. The molecule has 0 aromatic heterocycles. The van der Waals surface area contributed by atoms with E-state index in [-0.39, 0.29) is 23.5 Å². The van der Waals surface area contributed by atoms with Crippen molar-refractivity contribution in [2.45, 2.75) is 33.1 Å². The number of hydrogen-bond acceptors (Lipinski definition) is 7. The topological polar surface area (TPSA) is 111 Å². The van der Waals surface area contributed by atoms with Gasteiger partial charge in [0.05, 0.1) is 22.8 Å². The van der Waals surface area contributed by atoms with Gasteiger partial charge in [0, 0.05) is 31.9 Å². The van der Waals surface area contributed by atoms with Crippen LogP contribution >= 0.6 is 0 Å². The van der Waals surface area contributed by atoms with E-state index in [1.807, 2.05) is 13.0 Å². The second kappa shape index (κ2) is 11.9. The molecule has 180 valence electrons. The lowest BCUT2D eigenvalue weighted by atomic mass is 10.0. The van der Waals surface area contributed by atoms with Crippen LogP contribution in [0.1, 0.15) is 38.7 Å². The van der Waals surface area contributed by atoms with E-state index >= 15 is 0 Å². The predicted octanol–water partition coefficient (Wildman–Crippen LogP) is 4.39. The molecule has 1 N–H and O–H groups in total. The molecule has 9 nitrogen and oxygen atoms in total. The molecule has 2 aromatic rings. The molecule has 3 rings (SSSR count). The van der Waals surface area contributed by atoms with Crippen LogP contribution in [0, 0.1) is 10.1 Å². The number of nitro groups is 1. The quantitative estimate of drug-likeness (QED) is 0.201. The number of rotatable bonds is 13. The van der Waals surface area contributed by atoms with Crippen LogP contribution in [-0.2, 0) is 14.3 Å². The average molecular weight is 468 g/mol. The number of nitrogens with one attached hydrogen (secondary N) is 1. The summed E-state index contributed by atoms with van der Waals surface area (Å²) >= 11 is 0. The SMILES string of the molecule is CCCCOCCCN1C(=O)C(Nc2ccccc2OCC)=C(c2ccc([N+](=O)[O-])cc2)C1=O. The molecule has 0 radical (unpaired) electrons. The van der Waals surface area contributed by atoms with Crippen LogP contribution in [0.5, 0.6) is 5.75 Å². The van der Waals surface area contributed by atoms with Gasteiger partial charge in [0.15, 0.2) is 0 Å². The fourth-order valence-corrected chi connectivity index (χ4v) is 3.57. The molecule has 0 saturated heterocycles. The minimum absolute atomic E-state index is 0.0987. The highest BCUT2D eigenvalue weighted by Gasteiger charge is 2.39. The number of hydrogen-bond donors (Lipinski definition) is 1. The number of imide groups is 1. The molecule has 0 spiro atoms. The Labute approximate surface area is 198 Å². The van der Waals surface area contributed by atoms with Crippen molar-refractivity contribution in [3.8, 4) is 5.75 Å². The number of carbonyl (C=O) groups is 2. The van der Waals surface area contributed by atoms with Gasteiger partial charge in [-0.25, -0.2) is 0 Å². The van der Waals surface area contributed by atoms with E-state index in [1.54, 1.807) is 18.2 Å². The van der Waals surface area contributed by atoms with Crippen molar-refractivity contribution in [2.75, 3.05) is 31.7 Å². The van der Waals surface area contributed by atoms with Gasteiger partial charge in [-0.1, -0.05) is 25.5 Å². The molecular weight excluding hydrogens is 438 g/mol. The Morgan fingerprint density at radius 2 is 1.68 bits per heavy atom. The lowest BCUT2D eigenvalue weighted by Crippen LogP contribution is -2.34. The first-order valence-corrected chi connectivity index (χ1v) is 11.4. The molecule has 1 aliphatic heterocycles. The van der Waals surface area contributed by atoms with Crippen LogP contribution in [0.2, 0.25) is 0 Å². The third-order valence-corrected chi connectivity index (χ3v) is 5.29. The average Bonchev–Trinajstić information content (AvgIpc) is 3.06. The van der Waals surface area contributed by atoms with Crippen LogP contribution in [0.3, 0.4) is 0 Å². The first-order chi connectivity index (χ1) is 16.5. The smallest absolute Gasteiger partial charge is 0.278 e. The van der Waals surface area contributed by atoms with Crippen molar-refractivity contribution in [1.82, 2.24) is 4.90 Å². The van der Waals surface area contributed by atoms with Crippen molar-refractivity contribution in [2.24, 2.45) is 0 Å². The van der Waals surface area contributed by atoms with Gasteiger partial charge in [-0.3, -0.25) is 24.6 Å². The Hall–Kier alpha value is -3.72. The molecule has 0 atom stereocenters. The number of unbranched alkanes of at least 4 members (excludes halogenated alkanes) is 1. The van der Waals surface area contributed by atoms with E-state index in [0.717, 1.165) is 12.8 Å². The summed E-state index contributed by atoms with van der Waals surface area (Å²) in [5, 5.41) is 14.1. The van der Waals surface area contributed by atoms with Crippen molar-refractivity contribution in [3.05, 3.63) is 69.9 Å². The zero-order chi connectivity index (χ0) is 24.5. The molecular formula is C25H29N3O6. The Bertz CT molecular complexity index is 1060. The molecule has 0 fully saturated rings. The number of non-ortho nitro benzene ring substituents is 1. The van der Waals surface area contributed by atoms with Crippen LogP contribution in [-0.4, -0.2) is 48.0 Å². The number of nitro benzene ring substituents is 1. The minimum atomic E-state index is -0.512. The summed E-state index contributed by atoms with van der Waals surface area (Å²) in [5.74, 6) is -0.370. The second-order valence-electron chi connectivity index (χ2n) is 7.69. The van der Waals surface area contributed by atoms with Crippen molar-refractivity contribution >= 4 is 28.8 Å². The van der Waals surface area contributed by atoms with Crippen LogP contribution in [0.4, 0.5) is 11.4 Å². The molecule has 1 heterocycles. The Morgan fingerprint density at radius 3 is 2.35 bits per heavy atom. The molecule has 1 aliphatic rings. The normalized spacial score (nSPS) is 13.5. The summed E-state index contributed by atoms with van der Waals surface area (Å²) in [6.45, 7) is 5.66. The maximum atomic E-state index is 13.3. The number of nitrogens with zero attached hydrogens (tertiary/aromatic N) is 2. The lowest BCUT2D eigenvalue weighted by Gasteiger charge is -2.16. The Balaban J connectivity index is 1.90. The van der Waals surface area contributed by atoms with E-state index < -0.39 is 16.7 Å². The summed E-state index contributed by atoms with van der Waals surface area (Å²) in [5.41, 5.74) is 1.14. The van der Waals surface area contributed by atoms with Crippen molar-refractivity contribution in [3.63, 3.8) is 0 Å². The molecule has 9 heteroatoms. The van der Waals surface area contributed by atoms with Crippen LogP contribution < -0.4 is 10.1 Å². The number of anilines is 1. The molecule has 2 amide bonds. The molecule has 0 unspecified atom stereocenters. The lowest BCUT2D eigenvalue weighted by molar-refractivity contribution is -0.384. The third kappa shape index (κ3) is 5.79. The number of amides is 2. The summed E-state index contributed by atoms with van der Waals surface area (Å²) in [7, 11) is 0. The van der Waals surface area contributed by atoms with Gasteiger partial charge in [-0.15, -0.1) is 0 Å². The van der Waals surface area contributed by atoms with E-state index in [1.165, 1.54) is 29.2 Å². The van der Waals surface area contributed by atoms with Crippen molar-refractivity contribution in [1.29, 1.82) is 0 Å². The van der Waals surface area contributed by atoms with Crippen molar-refractivity contribution < 1.29 is 24.0 Å². The van der Waals surface area contributed by atoms with Gasteiger partial charge >= 0.3 is 0 Å². The molecule has 0 aliphatic carbocycles. The van der Waals surface area contributed by atoms with Gasteiger partial charge in [0.25, 0.3) is 17.5 Å². The van der Waals surface area contributed by atoms with Gasteiger partial charge in [0.1, 0.15) is 11.4 Å². The minimum Gasteiger partial charge on any atom is -0.492 e. The fourth-order valence-electron chi connectivity index (χ4n) is 3.57. The van der Waals surface area contributed by atoms with Crippen LogP contribution in [0.15, 0.2) is 54.2 Å². The van der Waals surface area contributed by atoms with E-state index in [4.69, 9.17) is 9.47 Å².